The zero-order chi connectivity index (χ0) is 14.4. The van der Waals surface area contributed by atoms with Gasteiger partial charge in [-0.1, -0.05) is 18.2 Å². The summed E-state index contributed by atoms with van der Waals surface area (Å²) in [5, 5.41) is 0. The van der Waals surface area contributed by atoms with Gasteiger partial charge >= 0.3 is 0 Å². The summed E-state index contributed by atoms with van der Waals surface area (Å²) < 4.78 is 0. The zero-order valence-electron chi connectivity index (χ0n) is 12.5. The van der Waals surface area contributed by atoms with Gasteiger partial charge in [0.25, 0.3) is 0 Å². The minimum atomic E-state index is -0.473. The Balaban J connectivity index is 3.68. The Morgan fingerprint density at radius 2 is 1.00 bits per heavy atom. The molecule has 0 fully saturated rings. The van der Waals surface area contributed by atoms with Crippen LogP contribution in [0.3, 0.4) is 0 Å². The van der Waals surface area contributed by atoms with Crippen LogP contribution in [0, 0.1) is 0 Å². The molecule has 0 saturated carbocycles. The highest BCUT2D eigenvalue weighted by Crippen LogP contribution is 2.35. The van der Waals surface area contributed by atoms with Crippen molar-refractivity contribution in [2.24, 2.45) is 17.2 Å². The van der Waals surface area contributed by atoms with Crippen LogP contribution in [0.1, 0.15) is 58.2 Å². The highest BCUT2D eigenvalue weighted by molar-refractivity contribution is 5.46. The van der Waals surface area contributed by atoms with Crippen molar-refractivity contribution in [3.05, 3.63) is 34.9 Å². The van der Waals surface area contributed by atoms with Gasteiger partial charge in [-0.05, 0) is 58.2 Å². The van der Waals surface area contributed by atoms with E-state index < -0.39 is 16.6 Å². The number of hydrogen-bond acceptors (Lipinski definition) is 3. The summed E-state index contributed by atoms with van der Waals surface area (Å²) in [5.41, 5.74) is 20.7. The molecule has 0 aromatic heterocycles. The van der Waals surface area contributed by atoms with Crippen LogP contribution >= 0.6 is 0 Å². The molecule has 3 nitrogen and oxygen atoms in total. The van der Waals surface area contributed by atoms with Crippen molar-refractivity contribution in [2.75, 3.05) is 0 Å². The van der Waals surface area contributed by atoms with Crippen LogP contribution in [-0.2, 0) is 16.6 Å². The molecule has 0 radical (unpaired) electrons. The minimum absolute atomic E-state index is 0.437. The molecule has 0 spiro atoms. The number of nitrogens with two attached hydrogens (primary N) is 3. The van der Waals surface area contributed by atoms with E-state index in [1.54, 1.807) is 0 Å². The highest BCUT2D eigenvalue weighted by atomic mass is 14.8. The molecule has 0 aliphatic heterocycles. The first-order chi connectivity index (χ1) is 7.85. The van der Waals surface area contributed by atoms with Crippen molar-refractivity contribution < 1.29 is 0 Å². The Labute approximate surface area is 111 Å². The van der Waals surface area contributed by atoms with E-state index in [0.29, 0.717) is 0 Å². The molecule has 102 valence electrons. The van der Waals surface area contributed by atoms with Gasteiger partial charge in [0, 0.05) is 16.6 Å². The fourth-order valence-electron chi connectivity index (χ4n) is 2.32. The molecular weight excluding hydrogens is 222 g/mol. The molecular formula is C15H27N3. The molecule has 0 amide bonds. The standard InChI is InChI=1S/C15H27N3/c1-13(2,16)10-8-7-9-11(14(3,4)17)12(10)15(5,6)18/h7-9H,16-18H2,1-6H3. The molecule has 1 rings (SSSR count). The molecule has 1 aromatic rings. The lowest BCUT2D eigenvalue weighted by Crippen LogP contribution is -2.41. The SMILES string of the molecule is CC(C)(N)c1cccc(C(C)(C)N)c1C(C)(C)N. The fraction of sp³-hybridized carbons (Fsp3) is 0.600. The summed E-state index contributed by atoms with van der Waals surface area (Å²) in [6.45, 7) is 11.9. The molecule has 0 bridgehead atoms. The molecule has 0 heterocycles. The monoisotopic (exact) mass is 249 g/mol. The summed E-state index contributed by atoms with van der Waals surface area (Å²) in [7, 11) is 0. The third kappa shape index (κ3) is 3.10. The Morgan fingerprint density at radius 1 is 0.667 bits per heavy atom. The summed E-state index contributed by atoms with van der Waals surface area (Å²) >= 11 is 0. The van der Waals surface area contributed by atoms with Gasteiger partial charge in [-0.3, -0.25) is 0 Å². The number of hydrogen-bond donors (Lipinski definition) is 3. The van der Waals surface area contributed by atoms with Crippen LogP contribution in [0.2, 0.25) is 0 Å². The van der Waals surface area contributed by atoms with Gasteiger partial charge < -0.3 is 17.2 Å². The van der Waals surface area contributed by atoms with Gasteiger partial charge in [0.05, 0.1) is 0 Å². The first kappa shape index (κ1) is 15.2. The molecule has 1 aromatic carbocycles. The van der Waals surface area contributed by atoms with Crippen molar-refractivity contribution in [3.63, 3.8) is 0 Å². The summed E-state index contributed by atoms with van der Waals surface area (Å²) in [5.74, 6) is 0. The number of rotatable bonds is 3. The zero-order valence-corrected chi connectivity index (χ0v) is 12.5. The van der Waals surface area contributed by atoms with E-state index in [4.69, 9.17) is 17.2 Å². The van der Waals surface area contributed by atoms with Crippen LogP contribution in [-0.4, -0.2) is 0 Å². The molecule has 0 atom stereocenters. The third-order valence-electron chi connectivity index (χ3n) is 3.10. The Bertz CT molecular complexity index is 396. The van der Waals surface area contributed by atoms with Crippen molar-refractivity contribution in [2.45, 2.75) is 58.2 Å². The maximum absolute atomic E-state index is 6.34. The van der Waals surface area contributed by atoms with Crippen LogP contribution < -0.4 is 17.2 Å². The van der Waals surface area contributed by atoms with Gasteiger partial charge in [0.1, 0.15) is 0 Å². The van der Waals surface area contributed by atoms with E-state index in [9.17, 15) is 0 Å². The normalized spacial score (nSPS) is 13.8. The Morgan fingerprint density at radius 3 is 1.22 bits per heavy atom. The van der Waals surface area contributed by atoms with Crippen LogP contribution in [0.4, 0.5) is 0 Å². The smallest absolute Gasteiger partial charge is 0.0359 e. The second kappa shape index (κ2) is 4.34. The van der Waals surface area contributed by atoms with Crippen molar-refractivity contribution in [1.29, 1.82) is 0 Å². The largest absolute Gasteiger partial charge is 0.322 e. The topological polar surface area (TPSA) is 78.1 Å². The van der Waals surface area contributed by atoms with Gasteiger partial charge in [-0.2, -0.15) is 0 Å². The predicted octanol–water partition coefficient (Wildman–Crippen LogP) is 2.27. The quantitative estimate of drug-likeness (QED) is 0.769. The van der Waals surface area contributed by atoms with E-state index in [1.807, 2.05) is 59.7 Å². The molecule has 18 heavy (non-hydrogen) atoms. The summed E-state index contributed by atoms with van der Waals surface area (Å²) in [6.07, 6.45) is 0. The molecule has 0 aliphatic rings. The average Bonchev–Trinajstić information content (AvgIpc) is 2.12. The van der Waals surface area contributed by atoms with E-state index in [0.717, 1.165) is 16.7 Å². The Kier molecular flexibility index (Phi) is 3.65. The Hall–Kier alpha value is -0.900. The lowest BCUT2D eigenvalue weighted by molar-refractivity contribution is 0.466. The van der Waals surface area contributed by atoms with E-state index >= 15 is 0 Å². The van der Waals surface area contributed by atoms with Crippen molar-refractivity contribution >= 4 is 0 Å². The minimum Gasteiger partial charge on any atom is -0.322 e. The highest BCUT2D eigenvalue weighted by Gasteiger charge is 2.31. The average molecular weight is 249 g/mol. The predicted molar refractivity (Wildman–Crippen MR) is 78.1 cm³/mol. The van der Waals surface area contributed by atoms with Crippen LogP contribution in [0.5, 0.6) is 0 Å². The van der Waals surface area contributed by atoms with Gasteiger partial charge in [-0.15, -0.1) is 0 Å². The molecule has 6 N–H and O–H groups in total. The molecule has 3 heteroatoms. The van der Waals surface area contributed by atoms with Crippen LogP contribution in [0.25, 0.3) is 0 Å². The lowest BCUT2D eigenvalue weighted by atomic mass is 9.76. The van der Waals surface area contributed by atoms with E-state index in [-0.39, 0.29) is 0 Å². The second-order valence-corrected chi connectivity index (χ2v) is 6.89. The summed E-state index contributed by atoms with van der Waals surface area (Å²) in [6, 6.07) is 6.08. The van der Waals surface area contributed by atoms with E-state index in [2.05, 4.69) is 0 Å². The van der Waals surface area contributed by atoms with Crippen molar-refractivity contribution in [3.8, 4) is 0 Å². The van der Waals surface area contributed by atoms with Crippen molar-refractivity contribution in [1.82, 2.24) is 0 Å². The summed E-state index contributed by atoms with van der Waals surface area (Å²) in [4.78, 5) is 0. The van der Waals surface area contributed by atoms with E-state index in [1.165, 1.54) is 0 Å². The number of benzene rings is 1. The van der Waals surface area contributed by atoms with Gasteiger partial charge in [0.15, 0.2) is 0 Å². The maximum Gasteiger partial charge on any atom is 0.0359 e. The molecule has 0 unspecified atom stereocenters. The third-order valence-corrected chi connectivity index (χ3v) is 3.10. The van der Waals surface area contributed by atoms with Crippen LogP contribution in [0.15, 0.2) is 18.2 Å². The first-order valence-electron chi connectivity index (χ1n) is 6.36. The molecule has 0 saturated heterocycles. The second-order valence-electron chi connectivity index (χ2n) is 6.89. The lowest BCUT2D eigenvalue weighted by Gasteiger charge is -2.35. The maximum atomic E-state index is 6.34. The molecule has 0 aliphatic carbocycles. The van der Waals surface area contributed by atoms with Gasteiger partial charge in [0.2, 0.25) is 0 Å². The van der Waals surface area contributed by atoms with Gasteiger partial charge in [-0.25, -0.2) is 0 Å². The fourth-order valence-corrected chi connectivity index (χ4v) is 2.32. The first-order valence-corrected chi connectivity index (χ1v) is 6.36.